The highest BCUT2D eigenvalue weighted by Crippen LogP contribution is 2.22. The van der Waals surface area contributed by atoms with Crippen molar-refractivity contribution in [2.24, 2.45) is 5.92 Å². The van der Waals surface area contributed by atoms with Gasteiger partial charge in [0.15, 0.2) is 5.82 Å². The molecule has 0 radical (unpaired) electrons. The lowest BCUT2D eigenvalue weighted by atomic mass is 10.0. The molecule has 3 aromatic rings. The van der Waals surface area contributed by atoms with Gasteiger partial charge in [0.05, 0.1) is 19.2 Å². The van der Waals surface area contributed by atoms with Gasteiger partial charge in [-0.1, -0.05) is 56.3 Å². The molecule has 0 aliphatic heterocycles. The van der Waals surface area contributed by atoms with Gasteiger partial charge in [0.25, 0.3) is 0 Å². The first-order valence-corrected chi connectivity index (χ1v) is 10.1. The molecule has 1 amide bonds. The number of amides is 1. The number of ether oxygens (including phenoxy) is 1. The maximum absolute atomic E-state index is 12.2. The van der Waals surface area contributed by atoms with E-state index in [4.69, 9.17) is 4.74 Å². The van der Waals surface area contributed by atoms with Gasteiger partial charge in [0.1, 0.15) is 11.9 Å². The zero-order valence-corrected chi connectivity index (χ0v) is 17.8. The van der Waals surface area contributed by atoms with Gasteiger partial charge in [-0.05, 0) is 29.7 Å². The molecular formula is C24H26N4O3. The number of nitrogens with zero attached hydrogens (tertiary/aromatic N) is 2. The lowest BCUT2D eigenvalue weighted by molar-refractivity contribution is -0.142. The van der Waals surface area contributed by atoms with E-state index in [1.807, 2.05) is 68.4 Å². The van der Waals surface area contributed by atoms with E-state index in [0.29, 0.717) is 11.6 Å². The lowest BCUT2D eigenvalue weighted by Gasteiger charge is -2.21. The quantitative estimate of drug-likeness (QED) is 0.429. The molecule has 0 aliphatic rings. The summed E-state index contributed by atoms with van der Waals surface area (Å²) in [6, 6.07) is 16.5. The van der Waals surface area contributed by atoms with Crippen molar-refractivity contribution in [3.8, 4) is 0 Å². The Labute approximate surface area is 181 Å². The predicted molar refractivity (Wildman–Crippen MR) is 121 cm³/mol. The summed E-state index contributed by atoms with van der Waals surface area (Å²) >= 11 is 0. The minimum Gasteiger partial charge on any atom is -0.467 e. The SMILES string of the molecule is COC(=O)[C@@H](Nc1nc(CNC(=O)C=Cc2ccccc2)nc2ccccc12)C(C)C. The molecule has 7 nitrogen and oxygen atoms in total. The highest BCUT2D eigenvalue weighted by molar-refractivity contribution is 5.92. The van der Waals surface area contributed by atoms with Crippen LogP contribution in [-0.4, -0.2) is 35.0 Å². The molecular weight excluding hydrogens is 392 g/mol. The number of hydrogen-bond acceptors (Lipinski definition) is 6. The number of anilines is 1. The fourth-order valence-electron chi connectivity index (χ4n) is 3.05. The van der Waals surface area contributed by atoms with Crippen LogP contribution >= 0.6 is 0 Å². The van der Waals surface area contributed by atoms with Crippen LogP contribution in [-0.2, 0) is 20.9 Å². The molecule has 0 aliphatic carbocycles. The van der Waals surface area contributed by atoms with Gasteiger partial charge >= 0.3 is 5.97 Å². The molecule has 0 fully saturated rings. The molecule has 0 saturated carbocycles. The summed E-state index contributed by atoms with van der Waals surface area (Å²) in [6.45, 7) is 4.01. The normalized spacial score (nSPS) is 12.1. The van der Waals surface area contributed by atoms with Gasteiger partial charge < -0.3 is 15.4 Å². The number of carbonyl (C=O) groups excluding carboxylic acids is 2. The van der Waals surface area contributed by atoms with E-state index in [2.05, 4.69) is 20.6 Å². The standard InChI is InChI=1S/C24H26N4O3/c1-16(2)22(24(30)31-3)28-23-18-11-7-8-12-19(18)26-20(27-23)15-25-21(29)14-13-17-9-5-4-6-10-17/h4-14,16,22H,15H2,1-3H3,(H,25,29)(H,26,27,28)/t22-/m0/s1. The van der Waals surface area contributed by atoms with Crippen LogP contribution in [0.2, 0.25) is 0 Å². The van der Waals surface area contributed by atoms with Crippen LogP contribution in [0.1, 0.15) is 25.2 Å². The van der Waals surface area contributed by atoms with Crippen molar-refractivity contribution in [3.63, 3.8) is 0 Å². The second kappa shape index (κ2) is 10.3. The molecule has 1 atom stereocenters. The Balaban J connectivity index is 1.79. The fourth-order valence-corrected chi connectivity index (χ4v) is 3.05. The summed E-state index contributed by atoms with van der Waals surface area (Å²) in [7, 11) is 1.36. The minimum absolute atomic E-state index is 0.00699. The van der Waals surface area contributed by atoms with Crippen molar-refractivity contribution in [2.75, 3.05) is 12.4 Å². The molecule has 7 heteroatoms. The number of hydrogen-bond donors (Lipinski definition) is 2. The first-order valence-electron chi connectivity index (χ1n) is 10.1. The van der Waals surface area contributed by atoms with Gasteiger partial charge in [-0.2, -0.15) is 0 Å². The Morgan fingerprint density at radius 1 is 1.03 bits per heavy atom. The smallest absolute Gasteiger partial charge is 0.328 e. The number of rotatable bonds is 8. The molecule has 31 heavy (non-hydrogen) atoms. The maximum Gasteiger partial charge on any atom is 0.328 e. The molecule has 1 aromatic heterocycles. The third-order valence-electron chi connectivity index (χ3n) is 4.71. The van der Waals surface area contributed by atoms with Crippen LogP contribution in [0.25, 0.3) is 17.0 Å². The first kappa shape index (κ1) is 22.0. The summed E-state index contributed by atoms with van der Waals surface area (Å²) in [6.07, 6.45) is 3.22. The van der Waals surface area contributed by atoms with Crippen LogP contribution in [0, 0.1) is 5.92 Å². The number of aromatic nitrogens is 2. The van der Waals surface area contributed by atoms with Crippen molar-refractivity contribution >= 4 is 34.7 Å². The number of esters is 1. The van der Waals surface area contributed by atoms with E-state index in [0.717, 1.165) is 16.5 Å². The van der Waals surface area contributed by atoms with E-state index >= 15 is 0 Å². The van der Waals surface area contributed by atoms with E-state index in [1.165, 1.54) is 13.2 Å². The average molecular weight is 418 g/mol. The Morgan fingerprint density at radius 3 is 2.45 bits per heavy atom. The topological polar surface area (TPSA) is 93.2 Å². The third kappa shape index (κ3) is 5.88. The number of nitrogens with one attached hydrogen (secondary N) is 2. The van der Waals surface area contributed by atoms with Crippen molar-refractivity contribution < 1.29 is 14.3 Å². The molecule has 0 saturated heterocycles. The summed E-state index contributed by atoms with van der Waals surface area (Å²) in [5.41, 5.74) is 1.66. The number of methoxy groups -OCH3 is 1. The Kier molecular flexibility index (Phi) is 7.32. The Hall–Kier alpha value is -3.74. The zero-order valence-electron chi connectivity index (χ0n) is 17.8. The van der Waals surface area contributed by atoms with Crippen LogP contribution in [0.3, 0.4) is 0 Å². The maximum atomic E-state index is 12.2. The van der Waals surface area contributed by atoms with Crippen LogP contribution in [0.4, 0.5) is 5.82 Å². The summed E-state index contributed by atoms with van der Waals surface area (Å²) in [4.78, 5) is 33.5. The second-order valence-corrected chi connectivity index (χ2v) is 7.36. The molecule has 0 unspecified atom stereocenters. The van der Waals surface area contributed by atoms with Crippen molar-refractivity contribution in [2.45, 2.75) is 26.4 Å². The number of para-hydroxylation sites is 1. The first-order chi connectivity index (χ1) is 15.0. The van der Waals surface area contributed by atoms with Gasteiger partial charge in [-0.3, -0.25) is 4.79 Å². The second-order valence-electron chi connectivity index (χ2n) is 7.36. The van der Waals surface area contributed by atoms with Crippen molar-refractivity contribution in [3.05, 3.63) is 72.1 Å². The van der Waals surface area contributed by atoms with Gasteiger partial charge in [-0.15, -0.1) is 0 Å². The highest BCUT2D eigenvalue weighted by Gasteiger charge is 2.24. The van der Waals surface area contributed by atoms with Crippen molar-refractivity contribution in [1.82, 2.24) is 15.3 Å². The van der Waals surface area contributed by atoms with E-state index in [-0.39, 0.29) is 24.3 Å². The number of benzene rings is 2. The summed E-state index contributed by atoms with van der Waals surface area (Å²) < 4.78 is 4.92. The number of fused-ring (bicyclic) bond motifs is 1. The summed E-state index contributed by atoms with van der Waals surface area (Å²) in [5.74, 6) is 0.351. The molecule has 160 valence electrons. The zero-order chi connectivity index (χ0) is 22.2. The molecule has 0 spiro atoms. The largest absolute Gasteiger partial charge is 0.467 e. The Morgan fingerprint density at radius 2 is 1.74 bits per heavy atom. The lowest BCUT2D eigenvalue weighted by Crippen LogP contribution is -2.36. The predicted octanol–water partition coefficient (Wildman–Crippen LogP) is 3.57. The Bertz CT molecular complexity index is 1080. The molecule has 3 rings (SSSR count). The number of carbonyl (C=O) groups is 2. The fraction of sp³-hybridized carbons (Fsp3) is 0.250. The van der Waals surface area contributed by atoms with Gasteiger partial charge in [0, 0.05) is 11.5 Å². The van der Waals surface area contributed by atoms with E-state index in [9.17, 15) is 9.59 Å². The van der Waals surface area contributed by atoms with Crippen LogP contribution in [0.5, 0.6) is 0 Å². The monoisotopic (exact) mass is 418 g/mol. The van der Waals surface area contributed by atoms with E-state index in [1.54, 1.807) is 6.08 Å². The third-order valence-corrected chi connectivity index (χ3v) is 4.71. The molecule has 0 bridgehead atoms. The van der Waals surface area contributed by atoms with E-state index < -0.39 is 6.04 Å². The van der Waals surface area contributed by atoms with Crippen molar-refractivity contribution in [1.29, 1.82) is 0 Å². The van der Waals surface area contributed by atoms with Gasteiger partial charge in [0.2, 0.25) is 5.91 Å². The average Bonchev–Trinajstić information content (AvgIpc) is 2.79. The summed E-state index contributed by atoms with van der Waals surface area (Å²) in [5, 5.41) is 6.78. The molecule has 2 N–H and O–H groups in total. The highest BCUT2D eigenvalue weighted by atomic mass is 16.5. The molecule has 1 heterocycles. The van der Waals surface area contributed by atoms with Crippen LogP contribution in [0.15, 0.2) is 60.7 Å². The minimum atomic E-state index is -0.556. The molecule has 2 aromatic carbocycles. The van der Waals surface area contributed by atoms with Crippen LogP contribution < -0.4 is 10.6 Å². The van der Waals surface area contributed by atoms with Gasteiger partial charge in [-0.25, -0.2) is 14.8 Å².